The molecule has 2 amide bonds. The molecule has 1 aliphatic carbocycles. The molecule has 1 fully saturated rings. The highest BCUT2D eigenvalue weighted by molar-refractivity contribution is 7.91. The molecular formula is C17H24F2N5O3PS. The Balaban J connectivity index is 1.94. The largest absolute Gasteiger partial charge is 0.351 e. The highest BCUT2D eigenvalue weighted by Gasteiger charge is 2.35. The number of amides is 2. The first-order chi connectivity index (χ1) is 13.6. The number of hydrogen-bond acceptors (Lipinski definition) is 6. The Bertz CT molecular complexity index is 906. The number of sulfone groups is 1. The van der Waals surface area contributed by atoms with E-state index < -0.39 is 27.2 Å². The predicted octanol–water partition coefficient (Wildman–Crippen LogP) is 2.02. The number of nitrogens with two attached hydrogens (primary N) is 1. The van der Waals surface area contributed by atoms with Crippen LogP contribution in [0.15, 0.2) is 17.8 Å². The van der Waals surface area contributed by atoms with Gasteiger partial charge in [0, 0.05) is 19.6 Å². The van der Waals surface area contributed by atoms with Crippen LogP contribution in [0.5, 0.6) is 0 Å². The van der Waals surface area contributed by atoms with Crippen LogP contribution in [0.1, 0.15) is 31.4 Å². The molecule has 0 bridgehead atoms. The van der Waals surface area contributed by atoms with E-state index in [4.69, 9.17) is 5.73 Å². The quantitative estimate of drug-likeness (QED) is 0.546. The summed E-state index contributed by atoms with van der Waals surface area (Å²) in [5.41, 5.74) is 2.22. The molecule has 0 aromatic carbocycles. The summed E-state index contributed by atoms with van der Waals surface area (Å²) in [6, 6.07) is -0.868. The number of carbonyl (C=O) groups is 1. The summed E-state index contributed by atoms with van der Waals surface area (Å²) in [7, 11) is -1.72. The predicted molar refractivity (Wildman–Crippen MR) is 110 cm³/mol. The van der Waals surface area contributed by atoms with Gasteiger partial charge in [0.1, 0.15) is 5.69 Å². The molecule has 1 aromatic rings. The first kappa shape index (κ1) is 21.8. The van der Waals surface area contributed by atoms with Crippen LogP contribution in [0.25, 0.3) is 0 Å². The van der Waals surface area contributed by atoms with Crippen LogP contribution in [0, 0.1) is 0 Å². The van der Waals surface area contributed by atoms with Gasteiger partial charge in [-0.05, 0) is 25.7 Å². The van der Waals surface area contributed by atoms with Crippen LogP contribution < -0.4 is 15.5 Å². The van der Waals surface area contributed by atoms with E-state index in [-0.39, 0.29) is 42.8 Å². The molecule has 12 heteroatoms. The van der Waals surface area contributed by atoms with Gasteiger partial charge in [0.2, 0.25) is 5.95 Å². The van der Waals surface area contributed by atoms with Gasteiger partial charge in [-0.3, -0.25) is 4.90 Å². The maximum absolute atomic E-state index is 14.4. The van der Waals surface area contributed by atoms with Gasteiger partial charge < -0.3 is 10.6 Å². The second-order valence-corrected chi connectivity index (χ2v) is 10.2. The van der Waals surface area contributed by atoms with Crippen molar-refractivity contribution in [1.82, 2.24) is 9.97 Å². The molecule has 0 radical (unpaired) electrons. The third-order valence-electron chi connectivity index (χ3n) is 5.00. The van der Waals surface area contributed by atoms with Crippen LogP contribution in [-0.2, 0) is 15.5 Å². The van der Waals surface area contributed by atoms with E-state index in [0.717, 1.165) is 42.4 Å². The number of halogens is 2. The Labute approximate surface area is 170 Å². The molecule has 0 saturated carbocycles. The Morgan fingerprint density at radius 2 is 2.00 bits per heavy atom. The maximum Gasteiger partial charge on any atom is 0.319 e. The number of rotatable bonds is 5. The van der Waals surface area contributed by atoms with Crippen molar-refractivity contribution < 1.29 is 22.0 Å². The molecule has 1 unspecified atom stereocenters. The van der Waals surface area contributed by atoms with Crippen molar-refractivity contribution in [1.29, 1.82) is 0 Å². The van der Waals surface area contributed by atoms with Gasteiger partial charge in [-0.15, -0.1) is 0 Å². The SMILES string of the molecule is NC(=O)N(CC1=CCCCC1)c1cnc(N2CCS(=O)(=O)CC2)nc1C(F)(F)P. The summed E-state index contributed by atoms with van der Waals surface area (Å²) in [6.07, 6.45) is 6.84. The van der Waals surface area contributed by atoms with Crippen molar-refractivity contribution in [2.24, 2.45) is 5.73 Å². The van der Waals surface area contributed by atoms with Crippen LogP contribution in [0.3, 0.4) is 0 Å². The van der Waals surface area contributed by atoms with E-state index in [1.54, 1.807) is 4.90 Å². The van der Waals surface area contributed by atoms with Gasteiger partial charge in [0.15, 0.2) is 9.84 Å². The average Bonchev–Trinajstić information content (AvgIpc) is 2.66. The molecule has 1 aromatic heterocycles. The van der Waals surface area contributed by atoms with E-state index in [0.29, 0.717) is 0 Å². The average molecular weight is 447 g/mol. The Hall–Kier alpha value is -1.87. The summed E-state index contributed by atoms with van der Waals surface area (Å²) in [5.74, 6) is -0.180. The first-order valence-electron chi connectivity index (χ1n) is 9.31. The van der Waals surface area contributed by atoms with Gasteiger partial charge in [-0.1, -0.05) is 20.9 Å². The Kier molecular flexibility index (Phi) is 6.38. The molecular weight excluding hydrogens is 423 g/mol. The first-order valence-corrected chi connectivity index (χ1v) is 11.7. The van der Waals surface area contributed by atoms with Gasteiger partial charge in [0.25, 0.3) is 0 Å². The molecule has 1 aliphatic heterocycles. The highest BCUT2D eigenvalue weighted by Crippen LogP contribution is 2.40. The smallest absolute Gasteiger partial charge is 0.319 e. The molecule has 2 aliphatic rings. The minimum absolute atomic E-state index is 0.00192. The zero-order valence-electron chi connectivity index (χ0n) is 15.9. The van der Waals surface area contributed by atoms with Crippen LogP contribution >= 0.6 is 9.24 Å². The van der Waals surface area contributed by atoms with Crippen molar-refractivity contribution in [2.45, 2.75) is 31.3 Å². The summed E-state index contributed by atoms with van der Waals surface area (Å²) >= 11 is 0. The fourth-order valence-corrected chi connectivity index (χ4v) is 4.82. The van der Waals surface area contributed by atoms with Crippen LogP contribution in [-0.4, -0.2) is 55.6 Å². The molecule has 1 saturated heterocycles. The third kappa shape index (κ3) is 5.39. The van der Waals surface area contributed by atoms with Gasteiger partial charge in [0.05, 0.1) is 23.4 Å². The Morgan fingerprint density at radius 1 is 1.31 bits per heavy atom. The van der Waals surface area contributed by atoms with Gasteiger partial charge in [-0.2, -0.15) is 8.78 Å². The second kappa shape index (κ2) is 8.47. The summed E-state index contributed by atoms with van der Waals surface area (Å²) in [4.78, 5) is 22.8. The Morgan fingerprint density at radius 3 is 2.55 bits per heavy atom. The molecule has 0 spiro atoms. The number of alkyl halides is 2. The minimum Gasteiger partial charge on any atom is -0.351 e. The lowest BCUT2D eigenvalue weighted by Crippen LogP contribution is -2.42. The van der Waals surface area contributed by atoms with Crippen molar-refractivity contribution >= 4 is 36.7 Å². The fourth-order valence-electron chi connectivity index (χ4n) is 3.41. The lowest BCUT2D eigenvalue weighted by molar-refractivity contribution is 0.0991. The number of nitrogens with zero attached hydrogens (tertiary/aromatic N) is 4. The van der Waals surface area contributed by atoms with Crippen LogP contribution in [0.4, 0.5) is 25.2 Å². The van der Waals surface area contributed by atoms with Crippen molar-refractivity contribution in [3.05, 3.63) is 23.5 Å². The molecule has 8 nitrogen and oxygen atoms in total. The summed E-state index contributed by atoms with van der Waals surface area (Å²) < 4.78 is 51.9. The fraction of sp³-hybridized carbons (Fsp3) is 0.588. The van der Waals surface area contributed by atoms with E-state index in [9.17, 15) is 22.0 Å². The highest BCUT2D eigenvalue weighted by atomic mass is 32.2. The standard InChI is InChI=1S/C17H24F2N5O3PS/c18-17(19,28)14-13(24(15(20)25)11-12-4-2-1-3-5-12)10-21-16(22-14)23-6-8-29(26,27)9-7-23/h4,10H,1-3,5-9,11,28H2,(H2,20,25). The molecule has 2 N–H and O–H groups in total. The number of hydrogen-bond donors (Lipinski definition) is 1. The minimum atomic E-state index is -3.43. The summed E-state index contributed by atoms with van der Waals surface area (Å²) in [5, 5.41) is 0. The molecule has 1 atom stereocenters. The van der Waals surface area contributed by atoms with E-state index in [1.807, 2.05) is 6.08 Å². The number of carbonyl (C=O) groups excluding carboxylic acids is 1. The number of aromatic nitrogens is 2. The van der Waals surface area contributed by atoms with Crippen molar-refractivity contribution in [3.63, 3.8) is 0 Å². The molecule has 2 heterocycles. The van der Waals surface area contributed by atoms with E-state index >= 15 is 0 Å². The maximum atomic E-state index is 14.4. The molecule has 3 rings (SSSR count). The van der Waals surface area contributed by atoms with Crippen LogP contribution in [0.2, 0.25) is 0 Å². The van der Waals surface area contributed by atoms with Gasteiger partial charge >= 0.3 is 11.7 Å². The van der Waals surface area contributed by atoms with Gasteiger partial charge in [-0.25, -0.2) is 23.2 Å². The van der Waals surface area contributed by atoms with Crippen molar-refractivity contribution in [2.75, 3.05) is 40.9 Å². The summed E-state index contributed by atoms with van der Waals surface area (Å²) in [6.45, 7) is 0.347. The van der Waals surface area contributed by atoms with E-state index in [1.165, 1.54) is 9.24 Å². The zero-order valence-corrected chi connectivity index (χ0v) is 17.8. The van der Waals surface area contributed by atoms with E-state index in [2.05, 4.69) is 9.97 Å². The zero-order chi connectivity index (χ0) is 21.2. The van der Waals surface area contributed by atoms with Crippen molar-refractivity contribution in [3.8, 4) is 0 Å². The number of urea groups is 1. The normalized spacial score (nSPS) is 19.6. The molecule has 29 heavy (non-hydrogen) atoms. The second-order valence-electron chi connectivity index (χ2n) is 7.20. The number of primary amides is 1. The lowest BCUT2D eigenvalue weighted by Gasteiger charge is -2.30. The number of allylic oxidation sites excluding steroid dienone is 1. The molecule has 160 valence electrons. The third-order valence-corrected chi connectivity index (χ3v) is 6.89. The topological polar surface area (TPSA) is 109 Å². The monoisotopic (exact) mass is 447 g/mol. The number of anilines is 2. The lowest BCUT2D eigenvalue weighted by atomic mass is 9.99.